The maximum Gasteiger partial charge on any atom is 2.00 e. The molecule has 3 rings (SSSR count). The Morgan fingerprint density at radius 1 is 1.17 bits per heavy atom. The molecule has 0 atom stereocenters. The molecule has 3 nitrogen and oxygen atoms in total. The van der Waals surface area contributed by atoms with Gasteiger partial charge in [0.15, 0.2) is 0 Å². The van der Waals surface area contributed by atoms with Gasteiger partial charge in [0, 0.05) is 12.4 Å². The summed E-state index contributed by atoms with van der Waals surface area (Å²) in [6.45, 7) is 0. The Kier molecular flexibility index (Phi) is 5.85. The summed E-state index contributed by atoms with van der Waals surface area (Å²) in [5.74, 6) is -0.0440. The van der Waals surface area contributed by atoms with Crippen molar-refractivity contribution in [1.82, 2.24) is 9.55 Å². The van der Waals surface area contributed by atoms with Crippen molar-refractivity contribution in [3.05, 3.63) is 78.9 Å². The normalized spacial score (nSPS) is 11.7. The van der Waals surface area contributed by atoms with Crippen molar-refractivity contribution in [3.63, 3.8) is 0 Å². The summed E-state index contributed by atoms with van der Waals surface area (Å²) in [6.07, 6.45) is 11.9. The van der Waals surface area contributed by atoms with Crippen LogP contribution in [0.1, 0.15) is 0 Å². The van der Waals surface area contributed by atoms with Crippen LogP contribution in [0.2, 0.25) is 0 Å². The van der Waals surface area contributed by atoms with Gasteiger partial charge in [-0.15, -0.1) is 0 Å². The summed E-state index contributed by atoms with van der Waals surface area (Å²) >= 11 is 0. The molecule has 0 radical (unpaired) electrons. The van der Waals surface area contributed by atoms with E-state index in [0.717, 1.165) is 0 Å². The molecule has 0 amide bonds. The van der Waals surface area contributed by atoms with E-state index in [1.165, 1.54) is 10.9 Å². The van der Waals surface area contributed by atoms with Crippen LogP contribution in [-0.2, 0) is 17.1 Å². The average Bonchev–Trinajstić information content (AvgIpc) is 3.11. The van der Waals surface area contributed by atoms with Gasteiger partial charge in [0.2, 0.25) is 0 Å². The van der Waals surface area contributed by atoms with Gasteiger partial charge in [-0.05, 0) is 11.5 Å². The molecule has 0 saturated heterocycles. The van der Waals surface area contributed by atoms with Gasteiger partial charge in [0.05, 0.1) is 6.33 Å². The Hall–Kier alpha value is -1.90. The van der Waals surface area contributed by atoms with E-state index >= 15 is 0 Å². The molecule has 1 aliphatic carbocycles. The molecule has 0 aliphatic heterocycles. The molecular formula is C14H12FeN2O. The number of nitrogens with zero attached hydrogens (tertiary/aromatic N) is 2. The summed E-state index contributed by atoms with van der Waals surface area (Å²) < 4.78 is 1.45. The summed E-state index contributed by atoms with van der Waals surface area (Å²) in [6, 6.07) is 10.0. The van der Waals surface area contributed by atoms with Crippen molar-refractivity contribution in [2.24, 2.45) is 0 Å². The van der Waals surface area contributed by atoms with Gasteiger partial charge in [-0.25, -0.2) is 17.1 Å². The van der Waals surface area contributed by atoms with E-state index in [4.69, 9.17) is 0 Å². The maximum atomic E-state index is 11.5. The van der Waals surface area contributed by atoms with Crippen molar-refractivity contribution in [2.75, 3.05) is 0 Å². The first-order chi connectivity index (χ1) is 8.38. The van der Waals surface area contributed by atoms with Crippen LogP contribution >= 0.6 is 0 Å². The average molecular weight is 280 g/mol. The number of hydrogen-bond acceptors (Lipinski definition) is 2. The number of hydrogen-bond donors (Lipinski definition) is 0. The molecule has 1 heterocycles. The van der Waals surface area contributed by atoms with Gasteiger partial charge >= 0.3 is 17.1 Å². The molecule has 0 N–H and O–H groups in total. The Bertz CT molecular complexity index is 491. The van der Waals surface area contributed by atoms with E-state index < -0.39 is 0 Å². The Labute approximate surface area is 117 Å². The second kappa shape index (κ2) is 7.43. The number of allylic oxidation sites excluding steroid dienone is 5. The topological polar surface area (TPSA) is 40.9 Å². The molecule has 1 aromatic carbocycles. The number of rotatable bonds is 1. The molecule has 4 heteroatoms. The summed E-state index contributed by atoms with van der Waals surface area (Å²) in [7, 11) is 0. The van der Waals surface area contributed by atoms with Crippen molar-refractivity contribution < 1.29 is 22.2 Å². The fourth-order valence-electron chi connectivity index (χ4n) is 1.37. The quantitative estimate of drug-likeness (QED) is 0.455. The predicted molar refractivity (Wildman–Crippen MR) is 65.8 cm³/mol. The molecule has 0 saturated carbocycles. The second-order valence-corrected chi connectivity index (χ2v) is 3.41. The van der Waals surface area contributed by atoms with E-state index in [9.17, 15) is 5.11 Å². The minimum atomic E-state index is -0.0440. The third-order valence-electron chi connectivity index (χ3n) is 2.20. The first kappa shape index (κ1) is 14.2. The Balaban J connectivity index is 0.000000230. The number of aromatic nitrogens is 2. The van der Waals surface area contributed by atoms with Crippen LogP contribution in [0.15, 0.2) is 78.9 Å². The Morgan fingerprint density at radius 3 is 2.28 bits per heavy atom. The second-order valence-electron chi connectivity index (χ2n) is 3.41. The minimum Gasteiger partial charge on any atom is -0.859 e. The SMILES string of the molecule is [Fe+2].[O-]C(=C1C=CC=C1)n1ccnc1.c1cc[cH-]c1. The smallest absolute Gasteiger partial charge is 0.859 e. The molecule has 18 heavy (non-hydrogen) atoms. The zero-order valence-corrected chi connectivity index (χ0v) is 10.7. The molecule has 0 fully saturated rings. The summed E-state index contributed by atoms with van der Waals surface area (Å²) in [4.78, 5) is 3.80. The van der Waals surface area contributed by atoms with Crippen LogP contribution in [0.25, 0.3) is 5.88 Å². The number of imidazole rings is 1. The standard InChI is InChI=1S/C9H8N2O.C5H5.Fe/c12-9(8-3-1-2-4-8)11-6-5-10-7-11;1-2-4-5-3-1;/h1-7,12H;1-5H;/q;-1;+2/p-1. The van der Waals surface area contributed by atoms with Gasteiger partial charge in [0.1, 0.15) is 0 Å². The van der Waals surface area contributed by atoms with E-state index in [-0.39, 0.29) is 23.0 Å². The van der Waals surface area contributed by atoms with Gasteiger partial charge in [-0.2, -0.15) is 18.2 Å². The third kappa shape index (κ3) is 3.84. The predicted octanol–water partition coefficient (Wildman–Crippen LogP) is 1.94. The minimum absolute atomic E-state index is 0. The molecule has 1 aromatic heterocycles. The summed E-state index contributed by atoms with van der Waals surface area (Å²) in [5, 5.41) is 11.5. The van der Waals surface area contributed by atoms with Gasteiger partial charge in [0.25, 0.3) is 0 Å². The van der Waals surface area contributed by atoms with Crippen LogP contribution in [0.3, 0.4) is 0 Å². The van der Waals surface area contributed by atoms with Gasteiger partial charge < -0.3 is 9.67 Å². The van der Waals surface area contributed by atoms with E-state index in [1.807, 2.05) is 42.5 Å². The monoisotopic (exact) mass is 280 g/mol. The molecule has 0 unspecified atom stereocenters. The van der Waals surface area contributed by atoms with Gasteiger partial charge in [-0.3, -0.25) is 0 Å². The van der Waals surface area contributed by atoms with Crippen LogP contribution in [0, 0.1) is 0 Å². The zero-order chi connectivity index (χ0) is 11.9. The first-order valence-corrected chi connectivity index (χ1v) is 5.29. The summed E-state index contributed by atoms with van der Waals surface area (Å²) in [5.41, 5.74) is 0.688. The van der Waals surface area contributed by atoms with Crippen LogP contribution in [0.5, 0.6) is 0 Å². The van der Waals surface area contributed by atoms with Crippen LogP contribution in [-0.4, -0.2) is 9.55 Å². The van der Waals surface area contributed by atoms with Crippen molar-refractivity contribution >= 4 is 5.88 Å². The molecular weight excluding hydrogens is 268 g/mol. The largest absolute Gasteiger partial charge is 2.00 e. The molecule has 92 valence electrons. The van der Waals surface area contributed by atoms with Gasteiger partial charge in [-0.1, -0.05) is 24.3 Å². The fraction of sp³-hybridized carbons (Fsp3) is 0. The molecule has 0 spiro atoms. The molecule has 0 bridgehead atoms. The van der Waals surface area contributed by atoms with Crippen molar-refractivity contribution in [3.8, 4) is 0 Å². The third-order valence-corrected chi connectivity index (χ3v) is 2.20. The molecule has 2 aromatic rings. The van der Waals surface area contributed by atoms with Crippen molar-refractivity contribution in [1.29, 1.82) is 0 Å². The van der Waals surface area contributed by atoms with E-state index in [1.54, 1.807) is 24.5 Å². The Morgan fingerprint density at radius 2 is 1.83 bits per heavy atom. The zero-order valence-electron chi connectivity index (χ0n) is 9.58. The van der Waals surface area contributed by atoms with E-state index in [0.29, 0.717) is 5.57 Å². The van der Waals surface area contributed by atoms with Crippen LogP contribution in [0.4, 0.5) is 0 Å². The first-order valence-electron chi connectivity index (χ1n) is 5.29. The van der Waals surface area contributed by atoms with Crippen molar-refractivity contribution in [2.45, 2.75) is 0 Å². The fourth-order valence-corrected chi connectivity index (χ4v) is 1.37. The van der Waals surface area contributed by atoms with Crippen LogP contribution < -0.4 is 5.11 Å². The molecule has 1 aliphatic rings. The van der Waals surface area contributed by atoms with E-state index in [2.05, 4.69) is 4.98 Å². The maximum absolute atomic E-state index is 11.5.